The van der Waals surface area contributed by atoms with Gasteiger partial charge in [-0.1, -0.05) is 32.8 Å². The highest BCUT2D eigenvalue weighted by atomic mass is 79.9. The summed E-state index contributed by atoms with van der Waals surface area (Å²) in [5.74, 6) is 0.875. The fraction of sp³-hybridized carbons (Fsp3) is 0.647. The van der Waals surface area contributed by atoms with Gasteiger partial charge in [-0.2, -0.15) is 0 Å². The predicted octanol–water partition coefficient (Wildman–Crippen LogP) is 4.71. The van der Waals surface area contributed by atoms with Crippen LogP contribution in [0.25, 0.3) is 0 Å². The van der Waals surface area contributed by atoms with Crippen molar-refractivity contribution in [2.24, 2.45) is 0 Å². The molecule has 0 aliphatic heterocycles. The Bertz CT molecular complexity index is 390. The Morgan fingerprint density at radius 2 is 2.00 bits per heavy atom. The van der Waals surface area contributed by atoms with Gasteiger partial charge in [0.1, 0.15) is 12.4 Å². The molecule has 3 nitrogen and oxygen atoms in total. The second kappa shape index (κ2) is 11.0. The summed E-state index contributed by atoms with van der Waals surface area (Å²) < 4.78 is 11.7. The number of ether oxygens (including phenoxy) is 2. The minimum atomic E-state index is 0.425. The third-order valence-corrected chi connectivity index (χ3v) is 4.01. The van der Waals surface area contributed by atoms with E-state index in [2.05, 4.69) is 47.2 Å². The summed E-state index contributed by atoms with van der Waals surface area (Å²) in [6, 6.07) is 6.80. The fourth-order valence-electron chi connectivity index (χ4n) is 2.20. The van der Waals surface area contributed by atoms with E-state index >= 15 is 0 Å². The molecule has 1 rings (SSSR count). The van der Waals surface area contributed by atoms with Crippen molar-refractivity contribution in [1.82, 2.24) is 5.32 Å². The molecule has 21 heavy (non-hydrogen) atoms. The minimum Gasteiger partial charge on any atom is -0.490 e. The lowest BCUT2D eigenvalue weighted by Crippen LogP contribution is -2.22. The Morgan fingerprint density at radius 3 is 2.62 bits per heavy atom. The van der Waals surface area contributed by atoms with Gasteiger partial charge in [0.15, 0.2) is 0 Å². The second-order valence-corrected chi connectivity index (χ2v) is 6.03. The Morgan fingerprint density at radius 1 is 1.19 bits per heavy atom. The number of hydrogen-bond acceptors (Lipinski definition) is 3. The first-order chi connectivity index (χ1) is 10.2. The van der Waals surface area contributed by atoms with Crippen LogP contribution in [-0.2, 0) is 4.74 Å². The van der Waals surface area contributed by atoms with Gasteiger partial charge in [0.05, 0.1) is 11.1 Å². The first-order valence-corrected chi connectivity index (χ1v) is 8.66. The van der Waals surface area contributed by atoms with E-state index in [-0.39, 0.29) is 0 Å². The molecule has 0 amide bonds. The molecular formula is C17H28BrNO2. The van der Waals surface area contributed by atoms with Gasteiger partial charge in [-0.05, 0) is 53.0 Å². The van der Waals surface area contributed by atoms with E-state index in [0.29, 0.717) is 19.3 Å². The highest BCUT2D eigenvalue weighted by molar-refractivity contribution is 9.10. The maximum atomic E-state index is 5.68. The van der Waals surface area contributed by atoms with Gasteiger partial charge in [-0.25, -0.2) is 0 Å². The van der Waals surface area contributed by atoms with E-state index in [1.54, 1.807) is 7.11 Å². The van der Waals surface area contributed by atoms with Crippen molar-refractivity contribution in [3.8, 4) is 5.75 Å². The normalized spacial score (nSPS) is 12.4. The second-order valence-electron chi connectivity index (χ2n) is 5.18. The third kappa shape index (κ3) is 6.81. The van der Waals surface area contributed by atoms with Crippen molar-refractivity contribution in [1.29, 1.82) is 0 Å². The van der Waals surface area contributed by atoms with Crippen LogP contribution in [0.4, 0.5) is 0 Å². The molecule has 1 unspecified atom stereocenters. The van der Waals surface area contributed by atoms with Gasteiger partial charge >= 0.3 is 0 Å². The maximum absolute atomic E-state index is 5.68. The maximum Gasteiger partial charge on any atom is 0.133 e. The number of halogens is 1. The van der Waals surface area contributed by atoms with Crippen LogP contribution in [0.5, 0.6) is 5.75 Å². The summed E-state index contributed by atoms with van der Waals surface area (Å²) in [6.45, 7) is 6.66. The Balaban J connectivity index is 2.71. The van der Waals surface area contributed by atoms with Crippen molar-refractivity contribution in [3.05, 3.63) is 28.2 Å². The molecule has 0 bridgehead atoms. The van der Waals surface area contributed by atoms with Crippen molar-refractivity contribution >= 4 is 15.9 Å². The van der Waals surface area contributed by atoms with E-state index < -0.39 is 0 Å². The average molecular weight is 358 g/mol. The molecule has 0 aliphatic carbocycles. The summed E-state index contributed by atoms with van der Waals surface area (Å²) in [4.78, 5) is 0. The zero-order valence-corrected chi connectivity index (χ0v) is 15.0. The topological polar surface area (TPSA) is 30.5 Å². The lowest BCUT2D eigenvalue weighted by atomic mass is 10.0. The van der Waals surface area contributed by atoms with E-state index in [4.69, 9.17) is 9.47 Å². The molecular weight excluding hydrogens is 330 g/mol. The average Bonchev–Trinajstić information content (AvgIpc) is 2.49. The summed E-state index contributed by atoms with van der Waals surface area (Å²) >= 11 is 3.61. The summed E-state index contributed by atoms with van der Waals surface area (Å²) in [6.07, 6.45) is 4.80. The predicted molar refractivity (Wildman–Crippen MR) is 92.1 cm³/mol. The molecule has 1 aromatic carbocycles. The molecule has 0 aliphatic rings. The molecule has 1 aromatic rings. The van der Waals surface area contributed by atoms with E-state index in [0.717, 1.165) is 23.2 Å². The zero-order valence-electron chi connectivity index (χ0n) is 13.5. The Labute approximate surface area is 137 Å². The molecule has 0 fully saturated rings. The summed E-state index contributed by atoms with van der Waals surface area (Å²) in [5.41, 5.74) is 1.32. The van der Waals surface area contributed by atoms with Gasteiger partial charge in [-0.3, -0.25) is 0 Å². The van der Waals surface area contributed by atoms with Crippen LogP contribution in [0.15, 0.2) is 22.7 Å². The molecule has 0 saturated heterocycles. The van der Waals surface area contributed by atoms with Gasteiger partial charge in [0.2, 0.25) is 0 Å². The molecule has 0 heterocycles. The van der Waals surface area contributed by atoms with Crippen molar-refractivity contribution in [2.45, 2.75) is 45.6 Å². The molecule has 120 valence electrons. The summed E-state index contributed by atoms with van der Waals surface area (Å²) in [7, 11) is 1.68. The van der Waals surface area contributed by atoms with Gasteiger partial charge in [-0.15, -0.1) is 0 Å². The standard InChI is InChI=1S/C17H28BrNO2/c1-4-6-7-16(19-10-5-2)14-8-9-17(15(18)13-14)21-12-11-20-3/h8-9,13,16,19H,4-7,10-12H2,1-3H3. The van der Waals surface area contributed by atoms with Crippen molar-refractivity contribution in [2.75, 3.05) is 26.9 Å². The SMILES string of the molecule is CCCCC(NCCC)c1ccc(OCCOC)c(Br)c1. The lowest BCUT2D eigenvalue weighted by Gasteiger charge is -2.20. The van der Waals surface area contributed by atoms with Gasteiger partial charge in [0.25, 0.3) is 0 Å². The molecule has 0 saturated carbocycles. The largest absolute Gasteiger partial charge is 0.490 e. The van der Waals surface area contributed by atoms with E-state index in [1.807, 2.05) is 6.07 Å². The molecule has 0 radical (unpaired) electrons. The van der Waals surface area contributed by atoms with Crippen LogP contribution in [0.1, 0.15) is 51.1 Å². The molecule has 4 heteroatoms. The monoisotopic (exact) mass is 357 g/mol. The highest BCUT2D eigenvalue weighted by Crippen LogP contribution is 2.30. The number of methoxy groups -OCH3 is 1. The lowest BCUT2D eigenvalue weighted by molar-refractivity contribution is 0.146. The quantitative estimate of drug-likeness (QED) is 0.582. The Kier molecular flexibility index (Phi) is 9.72. The van der Waals surface area contributed by atoms with E-state index in [9.17, 15) is 0 Å². The van der Waals surface area contributed by atoms with Gasteiger partial charge in [0, 0.05) is 13.2 Å². The van der Waals surface area contributed by atoms with Crippen LogP contribution in [-0.4, -0.2) is 26.9 Å². The first-order valence-electron chi connectivity index (χ1n) is 7.87. The number of rotatable bonds is 11. The number of unbranched alkanes of at least 4 members (excludes halogenated alkanes) is 1. The zero-order chi connectivity index (χ0) is 15.5. The summed E-state index contributed by atoms with van der Waals surface area (Å²) in [5, 5.41) is 3.64. The molecule has 1 N–H and O–H groups in total. The van der Waals surface area contributed by atoms with Crippen LogP contribution in [0, 0.1) is 0 Å². The van der Waals surface area contributed by atoms with Crippen LogP contribution in [0.2, 0.25) is 0 Å². The van der Waals surface area contributed by atoms with Crippen LogP contribution in [0.3, 0.4) is 0 Å². The van der Waals surface area contributed by atoms with Crippen LogP contribution < -0.4 is 10.1 Å². The van der Waals surface area contributed by atoms with Crippen molar-refractivity contribution < 1.29 is 9.47 Å². The first kappa shape index (κ1) is 18.5. The minimum absolute atomic E-state index is 0.425. The Hall–Kier alpha value is -0.580. The molecule has 1 atom stereocenters. The third-order valence-electron chi connectivity index (χ3n) is 3.39. The smallest absolute Gasteiger partial charge is 0.133 e. The van der Waals surface area contributed by atoms with Gasteiger partial charge < -0.3 is 14.8 Å². The molecule has 0 spiro atoms. The fourth-order valence-corrected chi connectivity index (χ4v) is 2.71. The number of hydrogen-bond donors (Lipinski definition) is 1. The number of benzene rings is 1. The van der Waals surface area contributed by atoms with Crippen molar-refractivity contribution in [3.63, 3.8) is 0 Å². The van der Waals surface area contributed by atoms with E-state index in [1.165, 1.54) is 24.8 Å². The molecule has 0 aromatic heterocycles. The number of nitrogens with one attached hydrogen (secondary N) is 1. The highest BCUT2D eigenvalue weighted by Gasteiger charge is 2.12. The van der Waals surface area contributed by atoms with Crippen LogP contribution >= 0.6 is 15.9 Å².